The third-order valence-corrected chi connectivity index (χ3v) is 5.90. The number of alkyl halides is 2. The molecule has 2 N–H and O–H groups in total. The van der Waals surface area contributed by atoms with Crippen LogP contribution < -0.4 is 10.5 Å². The minimum atomic E-state index is -2.69. The molecule has 3 aromatic rings. The van der Waals surface area contributed by atoms with Crippen LogP contribution in [0.15, 0.2) is 47.5 Å². The highest BCUT2D eigenvalue weighted by Gasteiger charge is 2.22. The Balaban J connectivity index is 1.82. The Morgan fingerprint density at radius 1 is 1.26 bits per heavy atom. The lowest BCUT2D eigenvalue weighted by Gasteiger charge is -2.27. The number of ether oxygens (including phenoxy) is 1. The second-order valence-electron chi connectivity index (χ2n) is 8.04. The van der Waals surface area contributed by atoms with Gasteiger partial charge in [-0.1, -0.05) is 19.1 Å². The first-order chi connectivity index (χ1) is 16.4. The first-order valence-electron chi connectivity index (χ1n) is 11.1. The summed E-state index contributed by atoms with van der Waals surface area (Å²) < 4.78 is 33.2. The van der Waals surface area contributed by atoms with Crippen molar-refractivity contribution in [1.29, 1.82) is 0 Å². The van der Waals surface area contributed by atoms with Crippen molar-refractivity contribution in [3.05, 3.63) is 59.2 Å². The Morgan fingerprint density at radius 3 is 2.79 bits per heavy atom. The van der Waals surface area contributed by atoms with Gasteiger partial charge in [0.05, 0.1) is 17.6 Å². The van der Waals surface area contributed by atoms with Crippen molar-refractivity contribution in [3.63, 3.8) is 0 Å². The number of fused-ring (bicyclic) bond motifs is 1. The predicted octanol–water partition coefficient (Wildman–Crippen LogP) is 3.34. The number of nitrogens with zero attached hydrogens (tertiary/aromatic N) is 3. The lowest BCUT2D eigenvalue weighted by atomic mass is 10.1. The van der Waals surface area contributed by atoms with Gasteiger partial charge in [0.2, 0.25) is 5.62 Å². The largest absolute Gasteiger partial charge is 0.396 e. The lowest BCUT2D eigenvalue weighted by molar-refractivity contribution is -0.125. The lowest BCUT2D eigenvalue weighted by Crippen LogP contribution is -2.41. The fourth-order valence-electron chi connectivity index (χ4n) is 4.17. The standard InChI is InChI=1S/C24H26F2N4O4/c1-2-17(8-10-31)30-20-7-6-18(29-9-11-34-14-21(29)32)13-19(20)27-24(30)28-23(33)16-5-3-4-15(12-16)22(25)26/h3-7,12-13,17,22,31H,2,8-11,14H2,1H3,(H,27,28,33). The quantitative estimate of drug-likeness (QED) is 0.551. The van der Waals surface area contributed by atoms with E-state index in [1.54, 1.807) is 4.90 Å². The molecule has 1 saturated heterocycles. The monoisotopic (exact) mass is 472 g/mol. The van der Waals surface area contributed by atoms with E-state index >= 15 is 0 Å². The molecule has 0 radical (unpaired) electrons. The number of aliphatic hydroxyl groups is 1. The van der Waals surface area contributed by atoms with Crippen molar-refractivity contribution in [2.45, 2.75) is 32.2 Å². The first kappa shape index (κ1) is 23.8. The smallest absolute Gasteiger partial charge is 0.280 e. The average Bonchev–Trinajstić information content (AvgIpc) is 3.19. The number of hydrogen-bond acceptors (Lipinski definition) is 4. The summed E-state index contributed by atoms with van der Waals surface area (Å²) >= 11 is 0. The van der Waals surface area contributed by atoms with Gasteiger partial charge in [-0.3, -0.25) is 9.59 Å². The van der Waals surface area contributed by atoms with Gasteiger partial charge in [0.25, 0.3) is 18.2 Å². The van der Waals surface area contributed by atoms with Gasteiger partial charge in [0.1, 0.15) is 6.61 Å². The molecule has 0 bridgehead atoms. The highest BCUT2D eigenvalue weighted by Crippen LogP contribution is 2.26. The van der Waals surface area contributed by atoms with Gasteiger partial charge in [-0.05, 0) is 43.2 Å². The summed E-state index contributed by atoms with van der Waals surface area (Å²) in [5.74, 6) is -0.805. The molecule has 1 unspecified atom stereocenters. The molecule has 1 aromatic heterocycles. The summed E-state index contributed by atoms with van der Waals surface area (Å²) in [5.41, 5.74) is 2.13. The maximum atomic E-state index is 13.1. The molecular weight excluding hydrogens is 446 g/mol. The van der Waals surface area contributed by atoms with E-state index in [0.717, 1.165) is 11.6 Å². The number of amides is 2. The van der Waals surface area contributed by atoms with Crippen LogP contribution in [-0.4, -0.2) is 52.8 Å². The average molecular weight is 472 g/mol. The van der Waals surface area contributed by atoms with E-state index in [2.05, 4.69) is 9.98 Å². The Labute approximate surface area is 194 Å². The molecule has 1 aliphatic heterocycles. The fourth-order valence-corrected chi connectivity index (χ4v) is 4.17. The summed E-state index contributed by atoms with van der Waals surface area (Å²) in [6.45, 7) is 2.80. The first-order valence-corrected chi connectivity index (χ1v) is 11.1. The molecule has 180 valence electrons. The number of aromatic amines is 1. The summed E-state index contributed by atoms with van der Waals surface area (Å²) in [5, 5.41) is 9.57. The molecular formula is C24H26F2N4O4. The van der Waals surface area contributed by atoms with Gasteiger partial charge in [0, 0.05) is 36.0 Å². The number of hydrogen-bond donors (Lipinski definition) is 2. The third-order valence-electron chi connectivity index (χ3n) is 5.90. The zero-order valence-electron chi connectivity index (χ0n) is 18.7. The SMILES string of the molecule is CCC(CCO)n1/c(=N/C(=O)c2cccc(C(F)F)c2)[nH]c2cc(N3CCOCC3=O)ccc21. The molecule has 0 saturated carbocycles. The van der Waals surface area contributed by atoms with E-state index in [1.807, 2.05) is 29.7 Å². The van der Waals surface area contributed by atoms with E-state index in [-0.39, 0.29) is 41.9 Å². The summed E-state index contributed by atoms with van der Waals surface area (Å²) in [4.78, 5) is 34.1. The number of anilines is 1. The van der Waals surface area contributed by atoms with Gasteiger partial charge < -0.3 is 24.3 Å². The Kier molecular flexibility index (Phi) is 7.18. The van der Waals surface area contributed by atoms with E-state index < -0.39 is 12.3 Å². The van der Waals surface area contributed by atoms with Crippen LogP contribution in [0.5, 0.6) is 0 Å². The molecule has 34 heavy (non-hydrogen) atoms. The second-order valence-corrected chi connectivity index (χ2v) is 8.04. The normalized spacial score (nSPS) is 16.0. The number of benzene rings is 2. The molecule has 0 spiro atoms. The maximum Gasteiger partial charge on any atom is 0.280 e. The minimum absolute atomic E-state index is 0.0178. The summed E-state index contributed by atoms with van der Waals surface area (Å²) in [6, 6.07) is 10.5. The van der Waals surface area contributed by atoms with Gasteiger partial charge in [0.15, 0.2) is 0 Å². The number of carbonyl (C=O) groups excluding carboxylic acids is 2. The number of halogens is 2. The molecule has 1 fully saturated rings. The van der Waals surface area contributed by atoms with Gasteiger partial charge >= 0.3 is 0 Å². The number of rotatable bonds is 7. The number of aromatic nitrogens is 2. The van der Waals surface area contributed by atoms with Crippen LogP contribution in [-0.2, 0) is 9.53 Å². The van der Waals surface area contributed by atoms with Crippen molar-refractivity contribution in [2.75, 3.05) is 31.3 Å². The van der Waals surface area contributed by atoms with Crippen molar-refractivity contribution in [1.82, 2.24) is 9.55 Å². The van der Waals surface area contributed by atoms with Gasteiger partial charge in [-0.15, -0.1) is 0 Å². The van der Waals surface area contributed by atoms with Crippen LogP contribution in [0.4, 0.5) is 14.5 Å². The van der Waals surface area contributed by atoms with Crippen LogP contribution in [0.3, 0.4) is 0 Å². The molecule has 10 heteroatoms. The van der Waals surface area contributed by atoms with Gasteiger partial charge in [-0.25, -0.2) is 8.78 Å². The third kappa shape index (κ3) is 4.78. The molecule has 8 nitrogen and oxygen atoms in total. The van der Waals surface area contributed by atoms with Crippen molar-refractivity contribution < 1.29 is 28.2 Å². The molecule has 4 rings (SSSR count). The fraction of sp³-hybridized carbons (Fsp3) is 0.375. The van der Waals surface area contributed by atoms with Crippen molar-refractivity contribution >= 4 is 28.5 Å². The van der Waals surface area contributed by atoms with Crippen LogP contribution in [0.25, 0.3) is 11.0 Å². The number of nitrogens with one attached hydrogen (secondary N) is 1. The topological polar surface area (TPSA) is 99.9 Å². The number of carbonyl (C=O) groups is 2. The van der Waals surface area contributed by atoms with Crippen LogP contribution in [0.2, 0.25) is 0 Å². The van der Waals surface area contributed by atoms with Crippen molar-refractivity contribution in [2.24, 2.45) is 4.99 Å². The van der Waals surface area contributed by atoms with Crippen molar-refractivity contribution in [3.8, 4) is 0 Å². The number of imidazole rings is 1. The zero-order chi connectivity index (χ0) is 24.2. The number of aliphatic hydroxyl groups excluding tert-OH is 1. The summed E-state index contributed by atoms with van der Waals surface area (Å²) in [7, 11) is 0. The highest BCUT2D eigenvalue weighted by atomic mass is 19.3. The van der Waals surface area contributed by atoms with Crippen LogP contribution in [0, 0.1) is 0 Å². The minimum Gasteiger partial charge on any atom is -0.396 e. The van der Waals surface area contributed by atoms with Crippen LogP contribution >= 0.6 is 0 Å². The predicted molar refractivity (Wildman–Crippen MR) is 122 cm³/mol. The van der Waals surface area contributed by atoms with Crippen LogP contribution in [0.1, 0.15) is 48.2 Å². The second kappa shape index (κ2) is 10.3. The molecule has 2 heterocycles. The molecule has 2 aromatic carbocycles. The maximum absolute atomic E-state index is 13.1. The molecule has 2 amide bonds. The Hall–Kier alpha value is -3.37. The number of H-pyrrole nitrogens is 1. The molecule has 1 atom stereocenters. The summed E-state index contributed by atoms with van der Waals surface area (Å²) in [6.07, 6.45) is -1.59. The van der Waals surface area contributed by atoms with Gasteiger partial charge in [-0.2, -0.15) is 4.99 Å². The van der Waals surface area contributed by atoms with E-state index in [1.165, 1.54) is 18.2 Å². The zero-order valence-corrected chi connectivity index (χ0v) is 18.7. The highest BCUT2D eigenvalue weighted by molar-refractivity contribution is 5.97. The number of morpholine rings is 1. The Morgan fingerprint density at radius 2 is 2.09 bits per heavy atom. The Bertz CT molecular complexity index is 1270. The molecule has 1 aliphatic rings. The van der Waals surface area contributed by atoms with E-state index in [0.29, 0.717) is 37.2 Å². The van der Waals surface area contributed by atoms with E-state index in [4.69, 9.17) is 4.74 Å². The van der Waals surface area contributed by atoms with E-state index in [9.17, 15) is 23.5 Å². The molecule has 0 aliphatic carbocycles.